The molecule has 2 rings (SSSR count). The number of rotatable bonds is 5. The number of nitrogens with zero attached hydrogens (tertiary/aromatic N) is 2. The van der Waals surface area contributed by atoms with Gasteiger partial charge in [0.1, 0.15) is 5.02 Å². The van der Waals surface area contributed by atoms with E-state index in [1.165, 1.54) is 10.9 Å². The van der Waals surface area contributed by atoms with Crippen LogP contribution in [0.1, 0.15) is 19.0 Å². The smallest absolute Gasteiger partial charge is 0.304 e. The van der Waals surface area contributed by atoms with E-state index < -0.39 is 0 Å². The maximum absolute atomic E-state index is 11.9. The van der Waals surface area contributed by atoms with Crippen LogP contribution in [0.3, 0.4) is 0 Å². The fourth-order valence-corrected chi connectivity index (χ4v) is 2.35. The van der Waals surface area contributed by atoms with Gasteiger partial charge in [0, 0.05) is 17.6 Å². The van der Waals surface area contributed by atoms with Crippen molar-refractivity contribution in [1.82, 2.24) is 14.8 Å². The zero-order valence-electron chi connectivity index (χ0n) is 10.3. The molecule has 0 aromatic carbocycles. The van der Waals surface area contributed by atoms with E-state index in [0.29, 0.717) is 18.8 Å². The normalized spacial score (nSPS) is 10.6. The highest BCUT2D eigenvalue weighted by Crippen LogP contribution is 2.16. The minimum atomic E-state index is -0.313. The van der Waals surface area contributed by atoms with Crippen molar-refractivity contribution in [2.75, 3.05) is 5.32 Å². The van der Waals surface area contributed by atoms with Crippen molar-refractivity contribution in [2.24, 2.45) is 0 Å². The molecule has 0 aliphatic rings. The van der Waals surface area contributed by atoms with E-state index in [9.17, 15) is 9.59 Å². The molecule has 0 saturated heterocycles. The van der Waals surface area contributed by atoms with Gasteiger partial charge in [-0.1, -0.05) is 29.9 Å². The zero-order valence-corrected chi connectivity index (χ0v) is 11.8. The molecule has 0 radical (unpaired) electrons. The van der Waals surface area contributed by atoms with Gasteiger partial charge in [0.05, 0.1) is 18.4 Å². The van der Waals surface area contributed by atoms with Crippen molar-refractivity contribution in [3.8, 4) is 0 Å². The van der Waals surface area contributed by atoms with Gasteiger partial charge in [0.25, 0.3) is 5.56 Å². The third-order valence-corrected chi connectivity index (χ3v) is 3.54. The summed E-state index contributed by atoms with van der Waals surface area (Å²) < 4.78 is 1.33. The van der Waals surface area contributed by atoms with Gasteiger partial charge in [-0.15, -0.1) is 0 Å². The molecular weight excluding hydrogens is 288 g/mol. The molecule has 0 bridgehead atoms. The number of aromatic amines is 1. The Morgan fingerprint density at radius 2 is 2.32 bits per heavy atom. The summed E-state index contributed by atoms with van der Waals surface area (Å²) in [4.78, 5) is 25.4. The highest BCUT2D eigenvalue weighted by molar-refractivity contribution is 7.07. The van der Waals surface area contributed by atoms with Crippen LogP contribution < -0.4 is 15.7 Å². The van der Waals surface area contributed by atoms with Crippen LogP contribution >= 0.6 is 22.9 Å². The molecule has 6 nitrogen and oxygen atoms in total. The fourth-order valence-electron chi connectivity index (χ4n) is 1.55. The zero-order chi connectivity index (χ0) is 13.8. The van der Waals surface area contributed by atoms with Crippen molar-refractivity contribution in [3.05, 3.63) is 42.3 Å². The third-order valence-electron chi connectivity index (χ3n) is 2.46. The Labute approximate surface area is 118 Å². The predicted octanol–water partition coefficient (Wildman–Crippen LogP) is 1.67. The first-order valence-electron chi connectivity index (χ1n) is 5.78. The number of aryl methyl sites for hydroxylation is 1. The van der Waals surface area contributed by atoms with Gasteiger partial charge in [-0.3, -0.25) is 9.59 Å². The van der Waals surface area contributed by atoms with Gasteiger partial charge in [-0.2, -0.15) is 5.10 Å². The fraction of sp³-hybridized carbons (Fsp3) is 0.364. The second kappa shape index (κ2) is 6.03. The second-order valence-electron chi connectivity index (χ2n) is 3.93. The number of H-pyrrole nitrogens is 1. The minimum Gasteiger partial charge on any atom is -0.377 e. The molecule has 8 heteroatoms. The number of hydrogen-bond donors (Lipinski definition) is 2. The lowest BCUT2D eigenvalue weighted by Crippen LogP contribution is -2.24. The van der Waals surface area contributed by atoms with Crippen molar-refractivity contribution >= 4 is 28.6 Å². The molecule has 0 aliphatic carbocycles. The molecule has 2 aromatic rings. The standard InChI is InChI=1S/C11H13ClN4O2S/c1-2-3-16-10(17)9(12)8(5-14-16)13-4-7-6-19-11(18)15-7/h5-6,13H,2-4H2,1H3,(H,15,18). The second-order valence-corrected chi connectivity index (χ2v) is 5.15. The Kier molecular flexibility index (Phi) is 4.39. The van der Waals surface area contributed by atoms with E-state index in [0.717, 1.165) is 23.5 Å². The maximum Gasteiger partial charge on any atom is 0.304 e. The number of halogens is 1. The van der Waals surface area contributed by atoms with Crippen molar-refractivity contribution in [2.45, 2.75) is 26.4 Å². The minimum absolute atomic E-state index is 0.112. The number of thiazole rings is 1. The molecule has 0 spiro atoms. The van der Waals surface area contributed by atoms with Crippen LogP contribution in [0.15, 0.2) is 21.2 Å². The van der Waals surface area contributed by atoms with Gasteiger partial charge >= 0.3 is 4.87 Å². The largest absolute Gasteiger partial charge is 0.377 e. The van der Waals surface area contributed by atoms with Gasteiger partial charge < -0.3 is 10.3 Å². The van der Waals surface area contributed by atoms with Crippen molar-refractivity contribution < 1.29 is 0 Å². The maximum atomic E-state index is 11.9. The van der Waals surface area contributed by atoms with Crippen LogP contribution in [-0.2, 0) is 13.1 Å². The van der Waals surface area contributed by atoms with E-state index in [1.54, 1.807) is 5.38 Å². The molecule has 2 N–H and O–H groups in total. The summed E-state index contributed by atoms with van der Waals surface area (Å²) in [5, 5.41) is 8.84. The monoisotopic (exact) mass is 300 g/mol. The van der Waals surface area contributed by atoms with E-state index >= 15 is 0 Å². The topological polar surface area (TPSA) is 79.8 Å². The molecule has 0 fully saturated rings. The Morgan fingerprint density at radius 3 is 2.95 bits per heavy atom. The molecule has 0 amide bonds. The molecule has 0 unspecified atom stereocenters. The summed E-state index contributed by atoms with van der Waals surface area (Å²) in [5.41, 5.74) is 0.891. The number of aromatic nitrogens is 3. The van der Waals surface area contributed by atoms with E-state index in [1.807, 2.05) is 6.92 Å². The lowest BCUT2D eigenvalue weighted by Gasteiger charge is -2.08. The van der Waals surface area contributed by atoms with Gasteiger partial charge in [0.2, 0.25) is 0 Å². The van der Waals surface area contributed by atoms with E-state index in [4.69, 9.17) is 11.6 Å². The number of hydrogen-bond acceptors (Lipinski definition) is 5. The first kappa shape index (κ1) is 13.8. The van der Waals surface area contributed by atoms with Crippen LogP contribution in [0.4, 0.5) is 5.69 Å². The molecule has 0 aliphatic heterocycles. The Bertz CT molecular complexity index is 676. The van der Waals surface area contributed by atoms with Crippen LogP contribution in [0.5, 0.6) is 0 Å². The van der Waals surface area contributed by atoms with E-state index in [2.05, 4.69) is 15.4 Å². The van der Waals surface area contributed by atoms with Gasteiger partial charge in [-0.05, 0) is 6.42 Å². The average Bonchev–Trinajstić information content (AvgIpc) is 2.80. The lowest BCUT2D eigenvalue weighted by atomic mass is 10.4. The first-order valence-corrected chi connectivity index (χ1v) is 7.03. The first-order chi connectivity index (χ1) is 9.11. The molecule has 102 valence electrons. The number of nitrogens with one attached hydrogen (secondary N) is 2. The third kappa shape index (κ3) is 3.24. The highest BCUT2D eigenvalue weighted by Gasteiger charge is 2.08. The lowest BCUT2D eigenvalue weighted by molar-refractivity contribution is 0.568. The van der Waals surface area contributed by atoms with Crippen molar-refractivity contribution in [1.29, 1.82) is 0 Å². The summed E-state index contributed by atoms with van der Waals surface area (Å²) in [6, 6.07) is 0. The van der Waals surface area contributed by atoms with Crippen molar-refractivity contribution in [3.63, 3.8) is 0 Å². The Balaban J connectivity index is 2.15. The SMILES string of the molecule is CCCn1ncc(NCc2csc(=O)[nH]2)c(Cl)c1=O. The summed E-state index contributed by atoms with van der Waals surface area (Å²) in [6.07, 6.45) is 2.33. The molecule has 2 heterocycles. The molecular formula is C11H13ClN4O2S. The molecule has 19 heavy (non-hydrogen) atoms. The predicted molar refractivity (Wildman–Crippen MR) is 76.1 cm³/mol. The number of anilines is 1. The Morgan fingerprint density at radius 1 is 1.53 bits per heavy atom. The van der Waals surface area contributed by atoms with Crippen LogP contribution in [0.25, 0.3) is 0 Å². The average molecular weight is 301 g/mol. The molecule has 2 aromatic heterocycles. The van der Waals surface area contributed by atoms with Crippen LogP contribution in [0.2, 0.25) is 5.02 Å². The van der Waals surface area contributed by atoms with Gasteiger partial charge in [0.15, 0.2) is 0 Å². The summed E-state index contributed by atoms with van der Waals surface area (Å²) in [7, 11) is 0. The molecule has 0 atom stereocenters. The summed E-state index contributed by atoms with van der Waals surface area (Å²) >= 11 is 7.09. The summed E-state index contributed by atoms with van der Waals surface area (Å²) in [6.45, 7) is 2.88. The van der Waals surface area contributed by atoms with E-state index in [-0.39, 0.29) is 15.5 Å². The Hall–Kier alpha value is -1.60. The highest BCUT2D eigenvalue weighted by atomic mass is 35.5. The van der Waals surface area contributed by atoms with Crippen LogP contribution in [-0.4, -0.2) is 14.8 Å². The quantitative estimate of drug-likeness (QED) is 0.880. The van der Waals surface area contributed by atoms with Crippen LogP contribution in [0, 0.1) is 0 Å². The summed E-state index contributed by atoms with van der Waals surface area (Å²) in [5.74, 6) is 0. The van der Waals surface area contributed by atoms with Gasteiger partial charge in [-0.25, -0.2) is 4.68 Å². The molecule has 0 saturated carbocycles.